The van der Waals surface area contributed by atoms with Crippen molar-refractivity contribution in [2.45, 2.75) is 50.9 Å². The van der Waals surface area contributed by atoms with Crippen molar-refractivity contribution in [3.63, 3.8) is 0 Å². The summed E-state index contributed by atoms with van der Waals surface area (Å²) in [5, 5.41) is 12.3. The average molecular weight is 312 g/mol. The molecular formula is C15H24N2O5. The quantitative estimate of drug-likeness (QED) is 0.799. The van der Waals surface area contributed by atoms with Crippen molar-refractivity contribution < 1.29 is 24.2 Å². The number of carboxylic acid groups (broad SMARTS) is 1. The third-order valence-corrected chi connectivity index (χ3v) is 5.17. The third kappa shape index (κ3) is 2.92. The number of amides is 2. The van der Waals surface area contributed by atoms with Crippen LogP contribution in [0.25, 0.3) is 0 Å². The fraction of sp³-hybridized carbons (Fsp3) is 0.867. The van der Waals surface area contributed by atoms with E-state index >= 15 is 0 Å². The Kier molecular flexibility index (Phi) is 4.03. The maximum atomic E-state index is 12.3. The van der Waals surface area contributed by atoms with Crippen molar-refractivity contribution in [3.8, 4) is 0 Å². The summed E-state index contributed by atoms with van der Waals surface area (Å²) in [6.45, 7) is 3.77. The van der Waals surface area contributed by atoms with E-state index in [1.165, 1.54) is 0 Å². The molecule has 1 spiro atoms. The molecule has 0 aromatic heterocycles. The Balaban J connectivity index is 1.48. The first kappa shape index (κ1) is 15.6. The Morgan fingerprint density at radius 2 is 1.82 bits per heavy atom. The molecule has 2 aliphatic heterocycles. The van der Waals surface area contributed by atoms with Gasteiger partial charge in [0.1, 0.15) is 0 Å². The fourth-order valence-electron chi connectivity index (χ4n) is 3.56. The Labute approximate surface area is 129 Å². The zero-order valence-electron chi connectivity index (χ0n) is 13.0. The Morgan fingerprint density at radius 1 is 1.18 bits per heavy atom. The molecule has 2 heterocycles. The van der Waals surface area contributed by atoms with Crippen LogP contribution in [-0.2, 0) is 14.3 Å². The summed E-state index contributed by atoms with van der Waals surface area (Å²) in [5.74, 6) is -1.26. The van der Waals surface area contributed by atoms with Crippen LogP contribution in [0.15, 0.2) is 0 Å². The molecule has 1 saturated carbocycles. The number of carbonyl (C=O) groups is 2. The van der Waals surface area contributed by atoms with Gasteiger partial charge in [0.05, 0.1) is 18.6 Å². The number of ether oxygens (including phenoxy) is 2. The number of carboxylic acids is 1. The molecule has 22 heavy (non-hydrogen) atoms. The van der Waals surface area contributed by atoms with Crippen molar-refractivity contribution in [1.82, 2.24) is 10.2 Å². The summed E-state index contributed by atoms with van der Waals surface area (Å²) in [5.41, 5.74) is -0.820. The third-order valence-electron chi connectivity index (χ3n) is 5.17. The van der Waals surface area contributed by atoms with E-state index in [1.807, 2.05) is 0 Å². The zero-order chi connectivity index (χ0) is 15.8. The SMILES string of the molecule is CC1(C(=O)O)CCN(C(=O)NC2CCC3(CC2)OCCO3)C1. The minimum absolute atomic E-state index is 0.114. The normalized spacial score (nSPS) is 31.6. The van der Waals surface area contributed by atoms with Crippen LogP contribution in [0.5, 0.6) is 0 Å². The molecule has 2 N–H and O–H groups in total. The smallest absolute Gasteiger partial charge is 0.317 e. The number of aliphatic carboxylic acids is 1. The van der Waals surface area contributed by atoms with Gasteiger partial charge in [-0.1, -0.05) is 0 Å². The average Bonchev–Trinajstić information content (AvgIpc) is 3.10. The molecule has 3 rings (SSSR count). The van der Waals surface area contributed by atoms with Gasteiger partial charge in [-0.2, -0.15) is 0 Å². The van der Waals surface area contributed by atoms with Crippen molar-refractivity contribution in [3.05, 3.63) is 0 Å². The van der Waals surface area contributed by atoms with E-state index in [4.69, 9.17) is 9.47 Å². The second-order valence-corrected chi connectivity index (χ2v) is 6.87. The van der Waals surface area contributed by atoms with E-state index in [0.717, 1.165) is 25.7 Å². The van der Waals surface area contributed by atoms with Crippen LogP contribution < -0.4 is 5.32 Å². The number of nitrogens with zero attached hydrogens (tertiary/aromatic N) is 1. The standard InChI is InChI=1S/C15H24N2O5/c1-14(12(18)19)6-7-17(10-14)13(20)16-11-2-4-15(5-3-11)21-8-9-22-15/h11H,2-10H2,1H3,(H,16,20)(H,18,19). The van der Waals surface area contributed by atoms with Crippen LogP contribution in [0, 0.1) is 5.41 Å². The minimum Gasteiger partial charge on any atom is -0.481 e. The number of carbonyl (C=O) groups excluding carboxylic acids is 1. The Morgan fingerprint density at radius 3 is 2.36 bits per heavy atom. The van der Waals surface area contributed by atoms with E-state index in [1.54, 1.807) is 11.8 Å². The van der Waals surface area contributed by atoms with Crippen LogP contribution in [0.4, 0.5) is 4.79 Å². The summed E-state index contributed by atoms with van der Waals surface area (Å²) >= 11 is 0. The Hall–Kier alpha value is -1.34. The minimum atomic E-state index is -0.835. The molecule has 0 bridgehead atoms. The molecule has 2 amide bonds. The van der Waals surface area contributed by atoms with Gasteiger partial charge in [-0.05, 0) is 26.2 Å². The fourth-order valence-corrected chi connectivity index (χ4v) is 3.56. The molecule has 1 atom stereocenters. The molecule has 0 aromatic rings. The van der Waals surface area contributed by atoms with Gasteiger partial charge in [0.25, 0.3) is 0 Å². The Bertz CT molecular complexity index is 453. The van der Waals surface area contributed by atoms with E-state index in [9.17, 15) is 14.7 Å². The number of rotatable bonds is 2. The van der Waals surface area contributed by atoms with Gasteiger partial charge < -0.3 is 24.8 Å². The number of urea groups is 1. The molecule has 3 fully saturated rings. The molecule has 3 aliphatic rings. The molecule has 1 unspecified atom stereocenters. The highest BCUT2D eigenvalue weighted by molar-refractivity contribution is 5.79. The lowest BCUT2D eigenvalue weighted by Crippen LogP contribution is -2.48. The first-order chi connectivity index (χ1) is 10.4. The molecule has 0 aromatic carbocycles. The van der Waals surface area contributed by atoms with E-state index in [-0.39, 0.29) is 18.6 Å². The number of likely N-dealkylation sites (tertiary alicyclic amines) is 1. The molecule has 124 valence electrons. The second kappa shape index (κ2) is 5.70. The topological polar surface area (TPSA) is 88.1 Å². The van der Waals surface area contributed by atoms with Gasteiger partial charge in [-0.15, -0.1) is 0 Å². The largest absolute Gasteiger partial charge is 0.481 e. The van der Waals surface area contributed by atoms with Gasteiger partial charge in [-0.25, -0.2) is 4.79 Å². The van der Waals surface area contributed by atoms with Crippen molar-refractivity contribution in [2.24, 2.45) is 5.41 Å². The molecule has 1 aliphatic carbocycles. The van der Waals surface area contributed by atoms with Crippen LogP contribution in [0.3, 0.4) is 0 Å². The highest BCUT2D eigenvalue weighted by Gasteiger charge is 2.44. The number of hydrogen-bond acceptors (Lipinski definition) is 4. The highest BCUT2D eigenvalue weighted by Crippen LogP contribution is 2.36. The summed E-state index contributed by atoms with van der Waals surface area (Å²) in [6.07, 6.45) is 3.76. The molecule has 7 heteroatoms. The zero-order valence-corrected chi connectivity index (χ0v) is 13.0. The van der Waals surface area contributed by atoms with Crippen molar-refractivity contribution in [1.29, 1.82) is 0 Å². The van der Waals surface area contributed by atoms with Gasteiger partial charge in [-0.3, -0.25) is 4.79 Å². The summed E-state index contributed by atoms with van der Waals surface area (Å²) in [7, 11) is 0. The van der Waals surface area contributed by atoms with Gasteiger partial charge in [0.15, 0.2) is 5.79 Å². The van der Waals surface area contributed by atoms with Gasteiger partial charge >= 0.3 is 12.0 Å². The van der Waals surface area contributed by atoms with Crippen LogP contribution in [0.1, 0.15) is 39.0 Å². The lowest BCUT2D eigenvalue weighted by molar-refractivity contribution is -0.179. The van der Waals surface area contributed by atoms with Crippen LogP contribution >= 0.6 is 0 Å². The predicted molar refractivity (Wildman–Crippen MR) is 77.4 cm³/mol. The number of nitrogens with one attached hydrogen (secondary N) is 1. The predicted octanol–water partition coefficient (Wildman–Crippen LogP) is 1.18. The maximum Gasteiger partial charge on any atom is 0.317 e. The molecular weight excluding hydrogens is 288 g/mol. The van der Waals surface area contributed by atoms with Crippen molar-refractivity contribution in [2.75, 3.05) is 26.3 Å². The van der Waals surface area contributed by atoms with Crippen LogP contribution in [-0.4, -0.2) is 60.1 Å². The lowest BCUT2D eigenvalue weighted by atomic mass is 9.90. The van der Waals surface area contributed by atoms with E-state index in [0.29, 0.717) is 26.2 Å². The summed E-state index contributed by atoms with van der Waals surface area (Å²) in [6, 6.07) is -0.0400. The molecule has 7 nitrogen and oxygen atoms in total. The molecule has 2 saturated heterocycles. The number of hydrogen-bond donors (Lipinski definition) is 2. The summed E-state index contributed by atoms with van der Waals surface area (Å²) in [4.78, 5) is 25.1. The highest BCUT2D eigenvalue weighted by atomic mass is 16.7. The second-order valence-electron chi connectivity index (χ2n) is 6.87. The van der Waals surface area contributed by atoms with Crippen LogP contribution in [0.2, 0.25) is 0 Å². The first-order valence-corrected chi connectivity index (χ1v) is 7.99. The summed E-state index contributed by atoms with van der Waals surface area (Å²) < 4.78 is 11.4. The molecule has 0 radical (unpaired) electrons. The van der Waals surface area contributed by atoms with Gasteiger partial charge in [0, 0.05) is 32.0 Å². The van der Waals surface area contributed by atoms with Crippen molar-refractivity contribution >= 4 is 12.0 Å². The lowest BCUT2D eigenvalue weighted by Gasteiger charge is -2.36. The van der Waals surface area contributed by atoms with E-state index in [2.05, 4.69) is 5.32 Å². The van der Waals surface area contributed by atoms with E-state index < -0.39 is 17.2 Å². The van der Waals surface area contributed by atoms with Gasteiger partial charge in [0.2, 0.25) is 0 Å². The maximum absolute atomic E-state index is 12.3. The monoisotopic (exact) mass is 312 g/mol. The first-order valence-electron chi connectivity index (χ1n) is 7.99.